The van der Waals surface area contributed by atoms with Gasteiger partial charge in [-0.15, -0.1) is 0 Å². The van der Waals surface area contributed by atoms with Crippen LogP contribution in [0.15, 0.2) is 17.8 Å². The maximum absolute atomic E-state index is 12.4. The molecule has 0 aliphatic heterocycles. The minimum absolute atomic E-state index is 0.0259. The number of aromatic nitrogens is 1. The molecule has 1 aliphatic rings. The molecule has 0 saturated carbocycles. The van der Waals surface area contributed by atoms with Crippen LogP contribution in [0.25, 0.3) is 6.08 Å². The van der Waals surface area contributed by atoms with Crippen molar-refractivity contribution >= 4 is 17.7 Å². The Labute approximate surface area is 89.6 Å². The average molecular weight is 234 g/mol. The smallest absolute Gasteiger partial charge is 0.256 e. The highest BCUT2D eigenvalue weighted by atomic mass is 35.5. The first-order valence-corrected chi connectivity index (χ1v) is 4.77. The molecule has 1 heterocycles. The fourth-order valence-corrected chi connectivity index (χ4v) is 1.82. The lowest BCUT2D eigenvalue weighted by Crippen LogP contribution is -2.16. The first-order chi connectivity index (χ1) is 6.98. The molecule has 5 heteroatoms. The third kappa shape index (κ3) is 2.00. The highest BCUT2D eigenvalue weighted by Crippen LogP contribution is 2.36. The number of pyridine rings is 1. The van der Waals surface area contributed by atoms with Crippen molar-refractivity contribution in [3.63, 3.8) is 0 Å². The third-order valence-electron chi connectivity index (χ3n) is 2.35. The topological polar surface area (TPSA) is 12.9 Å². The summed E-state index contributed by atoms with van der Waals surface area (Å²) in [7, 11) is 0. The minimum atomic E-state index is -4.26. The molecule has 0 unspecified atom stereocenters. The van der Waals surface area contributed by atoms with Gasteiger partial charge in [0.25, 0.3) is 0 Å². The van der Waals surface area contributed by atoms with Crippen molar-refractivity contribution in [1.82, 2.24) is 4.98 Å². The van der Waals surface area contributed by atoms with Crippen LogP contribution in [0.5, 0.6) is 0 Å². The summed E-state index contributed by atoms with van der Waals surface area (Å²) in [6, 6.07) is 1.59. The van der Waals surface area contributed by atoms with Gasteiger partial charge in [-0.3, -0.25) is 4.98 Å². The Kier molecular flexibility index (Phi) is 2.46. The van der Waals surface area contributed by atoms with Crippen molar-refractivity contribution in [2.24, 2.45) is 0 Å². The Bertz CT molecular complexity index is 423. The van der Waals surface area contributed by atoms with Crippen molar-refractivity contribution in [1.29, 1.82) is 0 Å². The van der Waals surface area contributed by atoms with E-state index in [1.807, 2.05) is 0 Å². The predicted molar refractivity (Wildman–Crippen MR) is 51.6 cm³/mol. The summed E-state index contributed by atoms with van der Waals surface area (Å²) in [6.07, 6.45) is -1.50. The van der Waals surface area contributed by atoms with Crippen molar-refractivity contribution in [3.8, 4) is 0 Å². The van der Waals surface area contributed by atoms with E-state index >= 15 is 0 Å². The lowest BCUT2D eigenvalue weighted by molar-refractivity contribution is -0.0931. The van der Waals surface area contributed by atoms with E-state index in [4.69, 9.17) is 11.6 Å². The second-order valence-electron chi connectivity index (χ2n) is 3.32. The number of fused-ring (bicyclic) bond motifs is 1. The largest absolute Gasteiger partial charge is 0.412 e. The molecule has 80 valence electrons. The van der Waals surface area contributed by atoms with Gasteiger partial charge < -0.3 is 0 Å². The number of allylic oxidation sites excluding steroid dienone is 1. The van der Waals surface area contributed by atoms with E-state index in [-0.39, 0.29) is 6.42 Å². The van der Waals surface area contributed by atoms with Gasteiger partial charge in [-0.2, -0.15) is 13.2 Å². The molecule has 15 heavy (non-hydrogen) atoms. The highest BCUT2D eigenvalue weighted by molar-refractivity contribution is 6.31. The summed E-state index contributed by atoms with van der Waals surface area (Å²) >= 11 is 5.85. The minimum Gasteiger partial charge on any atom is -0.256 e. The zero-order valence-corrected chi connectivity index (χ0v) is 8.36. The van der Waals surface area contributed by atoms with Gasteiger partial charge in [0.15, 0.2) is 0 Å². The van der Waals surface area contributed by atoms with Crippen LogP contribution in [-0.4, -0.2) is 11.2 Å². The van der Waals surface area contributed by atoms with E-state index in [0.717, 1.165) is 6.08 Å². The lowest BCUT2D eigenvalue weighted by Gasteiger charge is -2.18. The van der Waals surface area contributed by atoms with Gasteiger partial charge in [-0.1, -0.05) is 11.6 Å². The summed E-state index contributed by atoms with van der Waals surface area (Å²) in [6.45, 7) is 0. The predicted octanol–water partition coefficient (Wildman–Crippen LogP) is 3.63. The molecule has 1 aromatic rings. The Hall–Kier alpha value is -1.03. The van der Waals surface area contributed by atoms with Gasteiger partial charge in [-0.25, -0.2) is 0 Å². The molecule has 1 nitrogen and oxygen atoms in total. The molecular formula is C10H7ClF3N. The Morgan fingerprint density at radius 3 is 2.67 bits per heavy atom. The van der Waals surface area contributed by atoms with Gasteiger partial charge in [0.2, 0.25) is 0 Å². The number of alkyl halides is 3. The van der Waals surface area contributed by atoms with Crippen LogP contribution in [0.2, 0.25) is 5.02 Å². The van der Waals surface area contributed by atoms with Crippen molar-refractivity contribution in [2.45, 2.75) is 19.0 Å². The van der Waals surface area contributed by atoms with Gasteiger partial charge in [0, 0.05) is 16.8 Å². The van der Waals surface area contributed by atoms with Gasteiger partial charge in [-0.05, 0) is 30.5 Å². The highest BCUT2D eigenvalue weighted by Gasteiger charge is 2.35. The molecule has 0 N–H and O–H groups in total. The summed E-state index contributed by atoms with van der Waals surface area (Å²) in [5, 5.41) is 0.484. The van der Waals surface area contributed by atoms with E-state index in [9.17, 15) is 13.2 Å². The van der Waals surface area contributed by atoms with Crippen LogP contribution in [0.1, 0.15) is 17.7 Å². The number of hydrogen-bond donors (Lipinski definition) is 0. The van der Waals surface area contributed by atoms with Crippen molar-refractivity contribution in [3.05, 3.63) is 34.1 Å². The van der Waals surface area contributed by atoms with E-state index in [1.54, 1.807) is 6.07 Å². The van der Waals surface area contributed by atoms with Crippen LogP contribution in [-0.2, 0) is 6.42 Å². The summed E-state index contributed by atoms with van der Waals surface area (Å²) in [4.78, 5) is 3.88. The molecule has 1 aliphatic carbocycles. The molecule has 0 radical (unpaired) electrons. The fourth-order valence-electron chi connectivity index (χ4n) is 1.58. The number of rotatable bonds is 0. The Morgan fingerprint density at radius 1 is 1.27 bits per heavy atom. The van der Waals surface area contributed by atoms with Gasteiger partial charge in [0.05, 0.1) is 5.69 Å². The van der Waals surface area contributed by atoms with E-state index in [0.29, 0.717) is 22.7 Å². The molecule has 0 bridgehead atoms. The summed E-state index contributed by atoms with van der Waals surface area (Å²) < 4.78 is 37.2. The molecule has 0 atom stereocenters. The van der Waals surface area contributed by atoms with Crippen molar-refractivity contribution in [2.75, 3.05) is 0 Å². The molecule has 1 aromatic heterocycles. The Balaban J connectivity index is 2.47. The standard InChI is InChI=1S/C10H7ClF3N/c11-8-3-4-15-9-5-6(10(12,13)14)1-2-7(8)9/h3-5H,1-2H2. The van der Waals surface area contributed by atoms with Gasteiger partial charge >= 0.3 is 6.18 Å². The van der Waals surface area contributed by atoms with Crippen LogP contribution in [0.3, 0.4) is 0 Å². The van der Waals surface area contributed by atoms with Crippen LogP contribution in [0, 0.1) is 0 Å². The molecule has 0 fully saturated rings. The second kappa shape index (κ2) is 3.52. The molecule has 0 spiro atoms. The SMILES string of the molecule is FC(F)(F)C1=Cc2nccc(Cl)c2CC1. The maximum atomic E-state index is 12.4. The van der Waals surface area contributed by atoms with Crippen molar-refractivity contribution < 1.29 is 13.2 Å². The molecule has 0 amide bonds. The average Bonchev–Trinajstić information content (AvgIpc) is 2.16. The number of nitrogens with zero attached hydrogens (tertiary/aromatic N) is 1. The quantitative estimate of drug-likeness (QED) is 0.667. The van der Waals surface area contributed by atoms with Crippen LogP contribution in [0.4, 0.5) is 13.2 Å². The molecule has 2 rings (SSSR count). The second-order valence-corrected chi connectivity index (χ2v) is 3.73. The zero-order valence-electron chi connectivity index (χ0n) is 7.61. The fraction of sp³-hybridized carbons (Fsp3) is 0.300. The maximum Gasteiger partial charge on any atom is 0.412 e. The van der Waals surface area contributed by atoms with Crippen LogP contribution >= 0.6 is 11.6 Å². The Morgan fingerprint density at radius 2 is 2.00 bits per heavy atom. The number of halogens is 4. The monoisotopic (exact) mass is 233 g/mol. The third-order valence-corrected chi connectivity index (χ3v) is 2.71. The van der Waals surface area contributed by atoms with Crippen LogP contribution < -0.4 is 0 Å². The molecule has 0 saturated heterocycles. The summed E-state index contributed by atoms with van der Waals surface area (Å²) in [5.41, 5.74) is 0.498. The van der Waals surface area contributed by atoms with E-state index < -0.39 is 11.7 Å². The first-order valence-electron chi connectivity index (χ1n) is 4.39. The lowest BCUT2D eigenvalue weighted by atomic mass is 9.95. The zero-order chi connectivity index (χ0) is 11.1. The number of hydrogen-bond acceptors (Lipinski definition) is 1. The van der Waals surface area contributed by atoms with E-state index in [2.05, 4.69) is 4.98 Å². The molecule has 0 aromatic carbocycles. The van der Waals surface area contributed by atoms with E-state index in [1.165, 1.54) is 6.20 Å². The normalized spacial score (nSPS) is 15.9. The van der Waals surface area contributed by atoms with Gasteiger partial charge in [0.1, 0.15) is 0 Å². The first kappa shape index (κ1) is 10.5. The molecular weight excluding hydrogens is 227 g/mol. The summed E-state index contributed by atoms with van der Waals surface area (Å²) in [5.74, 6) is 0.